The molecule has 0 fully saturated rings. The van der Waals surface area contributed by atoms with Crippen LogP contribution in [-0.2, 0) is 6.42 Å². The molecule has 0 amide bonds. The molecule has 0 aliphatic carbocycles. The van der Waals surface area contributed by atoms with Gasteiger partial charge >= 0.3 is 0 Å². The van der Waals surface area contributed by atoms with Crippen molar-refractivity contribution in [2.45, 2.75) is 32.2 Å². The molecular weight excluding hydrogens is 237 g/mol. The van der Waals surface area contributed by atoms with E-state index in [4.69, 9.17) is 5.73 Å². The summed E-state index contributed by atoms with van der Waals surface area (Å²) in [5.74, 6) is -0.231. The lowest BCUT2D eigenvalue weighted by molar-refractivity contribution is 0.626. The highest BCUT2D eigenvalue weighted by Crippen LogP contribution is 2.20. The van der Waals surface area contributed by atoms with Crippen LogP contribution in [0, 0.1) is 5.82 Å². The van der Waals surface area contributed by atoms with Gasteiger partial charge in [-0.2, -0.15) is 0 Å². The summed E-state index contributed by atoms with van der Waals surface area (Å²) in [4.78, 5) is 0. The molecule has 2 aromatic carbocycles. The van der Waals surface area contributed by atoms with Crippen LogP contribution in [0.1, 0.15) is 42.5 Å². The van der Waals surface area contributed by atoms with Crippen molar-refractivity contribution in [2.75, 3.05) is 0 Å². The Labute approximate surface area is 114 Å². The molecule has 0 aromatic heterocycles. The summed E-state index contributed by atoms with van der Waals surface area (Å²) in [5, 5.41) is 0. The van der Waals surface area contributed by atoms with E-state index in [9.17, 15) is 4.39 Å². The molecule has 0 radical (unpaired) electrons. The van der Waals surface area contributed by atoms with Gasteiger partial charge in [0.05, 0.1) is 6.04 Å². The molecule has 2 aromatic rings. The van der Waals surface area contributed by atoms with Crippen molar-refractivity contribution in [3.8, 4) is 0 Å². The van der Waals surface area contributed by atoms with E-state index in [1.807, 2.05) is 0 Å². The number of halogens is 1. The molecule has 0 saturated carbocycles. The molecule has 100 valence electrons. The third-order valence-electron chi connectivity index (χ3n) is 3.39. The van der Waals surface area contributed by atoms with Gasteiger partial charge in [0.15, 0.2) is 0 Å². The monoisotopic (exact) mass is 257 g/mol. The van der Waals surface area contributed by atoms with Crippen molar-refractivity contribution in [1.82, 2.24) is 0 Å². The van der Waals surface area contributed by atoms with E-state index in [1.165, 1.54) is 30.5 Å². The highest BCUT2D eigenvalue weighted by molar-refractivity contribution is 5.33. The molecule has 0 aliphatic rings. The van der Waals surface area contributed by atoms with Crippen molar-refractivity contribution in [3.05, 3.63) is 71.0 Å². The maximum Gasteiger partial charge on any atom is 0.123 e. The second kappa shape index (κ2) is 6.48. The zero-order chi connectivity index (χ0) is 13.7. The Balaban J connectivity index is 2.10. The SMILES string of the molecule is CCCCc1ccc(C(N)c2ccc(F)cc2)cc1. The third-order valence-corrected chi connectivity index (χ3v) is 3.39. The smallest absolute Gasteiger partial charge is 0.123 e. The Morgan fingerprint density at radius 1 is 0.947 bits per heavy atom. The fourth-order valence-electron chi connectivity index (χ4n) is 2.14. The Hall–Kier alpha value is -1.67. The quantitative estimate of drug-likeness (QED) is 0.852. The molecule has 19 heavy (non-hydrogen) atoms. The molecule has 0 heterocycles. The van der Waals surface area contributed by atoms with Gasteiger partial charge in [0.2, 0.25) is 0 Å². The van der Waals surface area contributed by atoms with Crippen LogP contribution in [0.4, 0.5) is 4.39 Å². The van der Waals surface area contributed by atoms with E-state index in [-0.39, 0.29) is 11.9 Å². The van der Waals surface area contributed by atoms with Crippen molar-refractivity contribution in [1.29, 1.82) is 0 Å². The lowest BCUT2D eigenvalue weighted by Gasteiger charge is -2.13. The second-order valence-electron chi connectivity index (χ2n) is 4.87. The van der Waals surface area contributed by atoms with Gasteiger partial charge in [-0.05, 0) is 41.7 Å². The molecule has 2 heteroatoms. The zero-order valence-corrected chi connectivity index (χ0v) is 11.3. The van der Waals surface area contributed by atoms with Gasteiger partial charge in [0.25, 0.3) is 0 Å². The largest absolute Gasteiger partial charge is 0.320 e. The molecule has 0 aliphatic heterocycles. The number of benzene rings is 2. The molecule has 2 N–H and O–H groups in total. The predicted octanol–water partition coefficient (Wildman–Crippen LogP) is 4.22. The Kier molecular flexibility index (Phi) is 4.69. The van der Waals surface area contributed by atoms with Crippen LogP contribution in [0.5, 0.6) is 0 Å². The third kappa shape index (κ3) is 3.65. The summed E-state index contributed by atoms with van der Waals surface area (Å²) in [6, 6.07) is 14.6. The second-order valence-corrected chi connectivity index (χ2v) is 4.87. The Morgan fingerprint density at radius 2 is 1.47 bits per heavy atom. The Bertz CT molecular complexity index is 502. The van der Waals surface area contributed by atoms with Crippen LogP contribution in [0.15, 0.2) is 48.5 Å². The number of hydrogen-bond acceptors (Lipinski definition) is 1. The fourth-order valence-corrected chi connectivity index (χ4v) is 2.14. The lowest BCUT2D eigenvalue weighted by Crippen LogP contribution is -2.11. The molecule has 0 saturated heterocycles. The minimum Gasteiger partial charge on any atom is -0.320 e. The first-order valence-electron chi connectivity index (χ1n) is 6.80. The van der Waals surface area contributed by atoms with Crippen molar-refractivity contribution < 1.29 is 4.39 Å². The van der Waals surface area contributed by atoms with E-state index in [2.05, 4.69) is 31.2 Å². The first kappa shape index (κ1) is 13.8. The summed E-state index contributed by atoms with van der Waals surface area (Å²) < 4.78 is 12.9. The van der Waals surface area contributed by atoms with Gasteiger partial charge in [-0.25, -0.2) is 4.39 Å². The summed E-state index contributed by atoms with van der Waals surface area (Å²) in [6.45, 7) is 2.19. The normalized spacial score (nSPS) is 12.4. The summed E-state index contributed by atoms with van der Waals surface area (Å²) in [7, 11) is 0. The molecule has 1 nitrogen and oxygen atoms in total. The number of hydrogen-bond donors (Lipinski definition) is 1. The topological polar surface area (TPSA) is 26.0 Å². The van der Waals surface area contributed by atoms with Crippen molar-refractivity contribution >= 4 is 0 Å². The van der Waals surface area contributed by atoms with Gasteiger partial charge in [-0.15, -0.1) is 0 Å². The average Bonchev–Trinajstić information content (AvgIpc) is 2.46. The minimum absolute atomic E-state index is 0.194. The van der Waals surface area contributed by atoms with E-state index in [0.29, 0.717) is 0 Å². The van der Waals surface area contributed by atoms with E-state index < -0.39 is 0 Å². The standard InChI is InChI=1S/C17H20FN/c1-2-3-4-13-5-7-14(8-6-13)17(19)15-9-11-16(18)12-10-15/h5-12,17H,2-4,19H2,1H3. The van der Waals surface area contributed by atoms with Crippen LogP contribution >= 0.6 is 0 Å². The van der Waals surface area contributed by atoms with Crippen LogP contribution in [0.2, 0.25) is 0 Å². The molecular formula is C17H20FN. The van der Waals surface area contributed by atoms with Gasteiger partial charge in [0.1, 0.15) is 5.82 Å². The van der Waals surface area contributed by atoms with E-state index in [0.717, 1.165) is 17.5 Å². The fraction of sp³-hybridized carbons (Fsp3) is 0.294. The summed E-state index contributed by atoms with van der Waals surface area (Å²) in [5.41, 5.74) is 9.53. The molecule has 1 atom stereocenters. The first-order valence-corrected chi connectivity index (χ1v) is 6.80. The van der Waals surface area contributed by atoms with Gasteiger partial charge in [-0.1, -0.05) is 49.7 Å². The molecule has 2 rings (SSSR count). The van der Waals surface area contributed by atoms with Crippen LogP contribution in [-0.4, -0.2) is 0 Å². The Morgan fingerprint density at radius 3 is 2.00 bits per heavy atom. The number of unbranched alkanes of at least 4 members (excludes halogenated alkanes) is 1. The maximum absolute atomic E-state index is 12.9. The lowest BCUT2D eigenvalue weighted by atomic mass is 9.97. The van der Waals surface area contributed by atoms with Gasteiger partial charge < -0.3 is 5.73 Å². The predicted molar refractivity (Wildman–Crippen MR) is 77.5 cm³/mol. The van der Waals surface area contributed by atoms with Crippen LogP contribution in [0.25, 0.3) is 0 Å². The average molecular weight is 257 g/mol. The van der Waals surface area contributed by atoms with E-state index in [1.54, 1.807) is 12.1 Å². The maximum atomic E-state index is 12.9. The van der Waals surface area contributed by atoms with Crippen molar-refractivity contribution in [3.63, 3.8) is 0 Å². The molecule has 1 unspecified atom stereocenters. The number of rotatable bonds is 5. The minimum atomic E-state index is -0.231. The molecule has 0 bridgehead atoms. The number of aryl methyl sites for hydroxylation is 1. The van der Waals surface area contributed by atoms with E-state index >= 15 is 0 Å². The first-order chi connectivity index (χ1) is 9.20. The zero-order valence-electron chi connectivity index (χ0n) is 11.3. The number of nitrogens with two attached hydrogens (primary N) is 1. The molecule has 0 spiro atoms. The van der Waals surface area contributed by atoms with Crippen LogP contribution < -0.4 is 5.73 Å². The van der Waals surface area contributed by atoms with Gasteiger partial charge in [0, 0.05) is 0 Å². The summed E-state index contributed by atoms with van der Waals surface area (Å²) in [6.07, 6.45) is 3.53. The van der Waals surface area contributed by atoms with Crippen LogP contribution in [0.3, 0.4) is 0 Å². The summed E-state index contributed by atoms with van der Waals surface area (Å²) >= 11 is 0. The van der Waals surface area contributed by atoms with Crippen molar-refractivity contribution in [2.24, 2.45) is 5.73 Å². The highest BCUT2D eigenvalue weighted by atomic mass is 19.1. The van der Waals surface area contributed by atoms with Gasteiger partial charge in [-0.3, -0.25) is 0 Å². The highest BCUT2D eigenvalue weighted by Gasteiger charge is 2.08.